The number of ether oxygens (including phenoxy) is 1. The number of hydrogen-bond acceptors (Lipinski definition) is 5. The van der Waals surface area contributed by atoms with Gasteiger partial charge in [0, 0.05) is 5.69 Å². The Balaban J connectivity index is 1.90. The van der Waals surface area contributed by atoms with Gasteiger partial charge in [-0.1, -0.05) is 44.4 Å². The van der Waals surface area contributed by atoms with E-state index in [1.807, 2.05) is 39.8 Å². The lowest BCUT2D eigenvalue weighted by atomic mass is 9.88. The quantitative estimate of drug-likeness (QED) is 0.487. The standard InChI is InChI=1S/C21H29N3O5/c1-5-9-21(10-6-2)19(27)24(20(28)23-21)12-18(26)29-13-17(25)22-16-8-7-14(3)11-15(16)4/h7-8,11H,5-6,9-10,12-13H2,1-4H3,(H,22,25)(H,23,28). The van der Waals surface area contributed by atoms with E-state index in [2.05, 4.69) is 10.6 Å². The molecule has 0 aliphatic carbocycles. The van der Waals surface area contributed by atoms with Crippen molar-refractivity contribution in [2.75, 3.05) is 18.5 Å². The molecule has 1 heterocycles. The van der Waals surface area contributed by atoms with Crippen LogP contribution >= 0.6 is 0 Å². The average Bonchev–Trinajstić information content (AvgIpc) is 2.87. The summed E-state index contributed by atoms with van der Waals surface area (Å²) in [5.74, 6) is -1.72. The molecule has 4 amide bonds. The Morgan fingerprint density at radius 2 is 1.79 bits per heavy atom. The summed E-state index contributed by atoms with van der Waals surface area (Å²) in [4.78, 5) is 50.0. The van der Waals surface area contributed by atoms with Gasteiger partial charge in [0.05, 0.1) is 0 Å². The Morgan fingerprint density at radius 3 is 2.38 bits per heavy atom. The highest BCUT2D eigenvalue weighted by Crippen LogP contribution is 2.28. The number of carbonyl (C=O) groups excluding carboxylic acids is 4. The number of urea groups is 1. The van der Waals surface area contributed by atoms with E-state index in [0.717, 1.165) is 28.9 Å². The summed E-state index contributed by atoms with van der Waals surface area (Å²) in [6, 6.07) is 4.97. The van der Waals surface area contributed by atoms with Gasteiger partial charge in [-0.25, -0.2) is 4.79 Å². The van der Waals surface area contributed by atoms with Crippen molar-refractivity contribution in [1.82, 2.24) is 10.2 Å². The van der Waals surface area contributed by atoms with E-state index in [1.54, 1.807) is 6.07 Å². The van der Waals surface area contributed by atoms with Crippen molar-refractivity contribution >= 4 is 29.5 Å². The average molecular weight is 403 g/mol. The molecule has 2 N–H and O–H groups in total. The predicted molar refractivity (Wildman–Crippen MR) is 108 cm³/mol. The molecule has 0 aromatic heterocycles. The Labute approximate surface area is 171 Å². The van der Waals surface area contributed by atoms with Crippen LogP contribution in [0, 0.1) is 13.8 Å². The van der Waals surface area contributed by atoms with Crippen LogP contribution in [-0.2, 0) is 19.1 Å². The van der Waals surface area contributed by atoms with Gasteiger partial charge in [-0.3, -0.25) is 19.3 Å². The van der Waals surface area contributed by atoms with Crippen molar-refractivity contribution in [1.29, 1.82) is 0 Å². The first-order chi connectivity index (χ1) is 13.7. The minimum absolute atomic E-state index is 0.414. The zero-order chi connectivity index (χ0) is 21.6. The number of rotatable bonds is 9. The van der Waals surface area contributed by atoms with Crippen molar-refractivity contribution in [2.45, 2.75) is 58.9 Å². The van der Waals surface area contributed by atoms with Gasteiger partial charge in [-0.2, -0.15) is 0 Å². The zero-order valence-corrected chi connectivity index (χ0v) is 17.5. The maximum atomic E-state index is 12.8. The smallest absolute Gasteiger partial charge is 0.326 e. The molecular weight excluding hydrogens is 374 g/mol. The minimum Gasteiger partial charge on any atom is -0.454 e. The van der Waals surface area contributed by atoms with Gasteiger partial charge in [0.15, 0.2) is 6.61 Å². The van der Waals surface area contributed by atoms with Crippen LogP contribution in [0.5, 0.6) is 0 Å². The normalized spacial score (nSPS) is 15.2. The van der Waals surface area contributed by atoms with Gasteiger partial charge in [0.25, 0.3) is 11.8 Å². The van der Waals surface area contributed by atoms with Gasteiger partial charge in [0.1, 0.15) is 12.1 Å². The summed E-state index contributed by atoms with van der Waals surface area (Å²) in [6.07, 6.45) is 2.47. The third-order valence-electron chi connectivity index (χ3n) is 4.91. The highest BCUT2D eigenvalue weighted by Gasteiger charge is 2.50. The van der Waals surface area contributed by atoms with Crippen LogP contribution in [0.4, 0.5) is 10.5 Å². The zero-order valence-electron chi connectivity index (χ0n) is 17.5. The first kappa shape index (κ1) is 22.4. The van der Waals surface area contributed by atoms with Crippen molar-refractivity contribution in [3.8, 4) is 0 Å². The van der Waals surface area contributed by atoms with E-state index < -0.39 is 42.5 Å². The maximum Gasteiger partial charge on any atom is 0.326 e. The highest BCUT2D eigenvalue weighted by atomic mass is 16.5. The van der Waals surface area contributed by atoms with E-state index in [-0.39, 0.29) is 0 Å². The SMILES string of the molecule is CCCC1(CCC)NC(=O)N(CC(=O)OCC(=O)Nc2ccc(C)cc2C)C1=O. The molecule has 0 saturated carbocycles. The van der Waals surface area contributed by atoms with E-state index in [0.29, 0.717) is 18.5 Å². The molecule has 1 aromatic carbocycles. The molecule has 0 radical (unpaired) electrons. The number of nitrogens with one attached hydrogen (secondary N) is 2. The lowest BCUT2D eigenvalue weighted by Gasteiger charge is -2.25. The largest absolute Gasteiger partial charge is 0.454 e. The minimum atomic E-state index is -0.957. The maximum absolute atomic E-state index is 12.8. The van der Waals surface area contributed by atoms with Crippen LogP contribution in [0.15, 0.2) is 18.2 Å². The molecule has 1 aliphatic rings. The third kappa shape index (κ3) is 5.34. The number of anilines is 1. The molecule has 8 nitrogen and oxygen atoms in total. The fraction of sp³-hybridized carbons (Fsp3) is 0.524. The summed E-state index contributed by atoms with van der Waals surface area (Å²) in [6.45, 7) is 6.67. The number of nitrogens with zero attached hydrogens (tertiary/aromatic N) is 1. The molecule has 0 spiro atoms. The van der Waals surface area contributed by atoms with E-state index >= 15 is 0 Å². The summed E-state index contributed by atoms with van der Waals surface area (Å²) in [5, 5.41) is 5.41. The molecule has 8 heteroatoms. The fourth-order valence-corrected chi connectivity index (χ4v) is 3.60. The first-order valence-corrected chi connectivity index (χ1v) is 9.89. The summed E-state index contributed by atoms with van der Waals surface area (Å²) >= 11 is 0. The van der Waals surface area contributed by atoms with Gasteiger partial charge < -0.3 is 15.4 Å². The number of imide groups is 1. The number of carbonyl (C=O) groups is 4. The number of hydrogen-bond donors (Lipinski definition) is 2. The topological polar surface area (TPSA) is 105 Å². The molecule has 2 rings (SSSR count). The van der Waals surface area contributed by atoms with Crippen molar-refractivity contribution in [3.63, 3.8) is 0 Å². The molecular formula is C21H29N3O5. The lowest BCUT2D eigenvalue weighted by Crippen LogP contribution is -2.47. The summed E-state index contributed by atoms with van der Waals surface area (Å²) in [7, 11) is 0. The van der Waals surface area contributed by atoms with E-state index in [9.17, 15) is 19.2 Å². The monoisotopic (exact) mass is 403 g/mol. The van der Waals surface area contributed by atoms with Crippen LogP contribution in [0.25, 0.3) is 0 Å². The molecule has 0 atom stereocenters. The summed E-state index contributed by atoms with van der Waals surface area (Å²) < 4.78 is 4.96. The molecule has 1 fully saturated rings. The van der Waals surface area contributed by atoms with Crippen LogP contribution < -0.4 is 10.6 Å². The van der Waals surface area contributed by atoms with Crippen molar-refractivity contribution in [3.05, 3.63) is 29.3 Å². The second-order valence-corrected chi connectivity index (χ2v) is 7.43. The first-order valence-electron chi connectivity index (χ1n) is 9.89. The molecule has 1 saturated heterocycles. The predicted octanol–water partition coefficient (Wildman–Crippen LogP) is 2.68. The van der Waals surface area contributed by atoms with E-state index in [4.69, 9.17) is 4.74 Å². The fourth-order valence-electron chi connectivity index (χ4n) is 3.60. The molecule has 0 unspecified atom stereocenters. The Hall–Kier alpha value is -2.90. The van der Waals surface area contributed by atoms with Crippen molar-refractivity contribution < 1.29 is 23.9 Å². The molecule has 1 aliphatic heterocycles. The van der Waals surface area contributed by atoms with Crippen LogP contribution in [0.1, 0.15) is 50.7 Å². The van der Waals surface area contributed by atoms with Gasteiger partial charge in [-0.15, -0.1) is 0 Å². The summed E-state index contributed by atoms with van der Waals surface area (Å²) in [5.41, 5.74) is 1.64. The van der Waals surface area contributed by atoms with Gasteiger partial charge in [0.2, 0.25) is 0 Å². The molecule has 29 heavy (non-hydrogen) atoms. The lowest BCUT2D eigenvalue weighted by molar-refractivity contribution is -0.150. The van der Waals surface area contributed by atoms with E-state index in [1.165, 1.54) is 0 Å². The second kappa shape index (κ2) is 9.54. The number of esters is 1. The Morgan fingerprint density at radius 1 is 1.14 bits per heavy atom. The molecule has 0 bridgehead atoms. The number of aryl methyl sites for hydroxylation is 2. The number of benzene rings is 1. The van der Waals surface area contributed by atoms with Crippen LogP contribution in [-0.4, -0.2) is 47.4 Å². The highest BCUT2D eigenvalue weighted by molar-refractivity contribution is 6.08. The number of amides is 4. The molecule has 1 aromatic rings. The Kier molecular flexibility index (Phi) is 7.36. The Bertz CT molecular complexity index is 800. The van der Waals surface area contributed by atoms with Crippen LogP contribution in [0.3, 0.4) is 0 Å². The van der Waals surface area contributed by atoms with Gasteiger partial charge >= 0.3 is 12.0 Å². The van der Waals surface area contributed by atoms with Gasteiger partial charge in [-0.05, 0) is 38.3 Å². The van der Waals surface area contributed by atoms with Crippen molar-refractivity contribution in [2.24, 2.45) is 0 Å². The molecule has 158 valence electrons. The second-order valence-electron chi connectivity index (χ2n) is 7.43. The van der Waals surface area contributed by atoms with Crippen LogP contribution in [0.2, 0.25) is 0 Å². The third-order valence-corrected chi connectivity index (χ3v) is 4.91.